The number of anilines is 1. The van der Waals surface area contributed by atoms with Gasteiger partial charge in [-0.3, -0.25) is 14.5 Å². The number of carbonyl (C=O) groups is 3. The van der Waals surface area contributed by atoms with E-state index in [1.54, 1.807) is 59.6 Å². The number of para-hydroxylation sites is 1. The Morgan fingerprint density at radius 2 is 1.80 bits per heavy atom. The molecule has 0 aromatic heterocycles. The van der Waals surface area contributed by atoms with Gasteiger partial charge < -0.3 is 33.9 Å². The molecule has 7 fully saturated rings. The Bertz CT molecular complexity index is 1560. The summed E-state index contributed by atoms with van der Waals surface area (Å²) in [4.78, 5) is 43.3. The SMILES string of the molecule is CCN1C[C@@]2(COC(=O)c3ccccc3N3C(=O)C[C@H](C)C3=O)CC[C@H](OC)[C@@]34[C@@H]5C[C@@H]6[C@H](OC)[C@@H]5[C@@](O)(C[C@@H]6OC)[C@@](O)([C@@H](OC)[C@H]23)[C@@H]14. The van der Waals surface area contributed by atoms with Gasteiger partial charge in [0.25, 0.3) is 0 Å². The second-order valence-electron chi connectivity index (χ2n) is 16.0. The summed E-state index contributed by atoms with van der Waals surface area (Å²) in [7, 11) is 6.70. The predicted molar refractivity (Wildman–Crippen MR) is 174 cm³/mol. The van der Waals surface area contributed by atoms with Crippen LogP contribution in [0.4, 0.5) is 5.69 Å². The van der Waals surface area contributed by atoms with E-state index in [0.717, 1.165) is 11.3 Å². The van der Waals surface area contributed by atoms with Crippen molar-refractivity contribution in [1.82, 2.24) is 4.90 Å². The molecule has 49 heavy (non-hydrogen) atoms. The molecule has 2 N–H and O–H groups in total. The van der Waals surface area contributed by atoms with Crippen molar-refractivity contribution in [2.24, 2.45) is 40.4 Å². The van der Waals surface area contributed by atoms with Crippen molar-refractivity contribution in [3.8, 4) is 0 Å². The number of amides is 2. The number of likely N-dealkylation sites (tertiary alicyclic amines) is 1. The summed E-state index contributed by atoms with van der Waals surface area (Å²) in [5.41, 5.74) is -4.17. The smallest absolute Gasteiger partial charge is 0.340 e. The molecule has 1 aromatic carbocycles. The van der Waals surface area contributed by atoms with Gasteiger partial charge in [-0.15, -0.1) is 0 Å². The topological polar surface area (TPSA) is 144 Å². The summed E-state index contributed by atoms with van der Waals surface area (Å²) in [5, 5.41) is 26.6. The fraction of sp³-hybridized carbons (Fsp3) is 0.757. The summed E-state index contributed by atoms with van der Waals surface area (Å²) < 4.78 is 31.4. The fourth-order valence-electron chi connectivity index (χ4n) is 13.2. The van der Waals surface area contributed by atoms with Crippen LogP contribution in [0.1, 0.15) is 56.3 Å². The Labute approximate surface area is 287 Å². The first kappa shape index (κ1) is 33.7. The third-order valence-corrected chi connectivity index (χ3v) is 14.5. The summed E-state index contributed by atoms with van der Waals surface area (Å²) in [6.07, 6.45) is 0.813. The standard InChI is InChI=1S/C37H50N2O10/c1-7-38-17-34(18-49-32(42)20-10-8-9-11-23(20)39-26(40)14-19(2)31(39)41)13-12-25(46-4)36-22-15-21-24(45-3)16-35(43,27(22)28(21)47-5)37(44,33(36)38)30(48-6)29(34)36/h8-11,19,21-22,24-25,27-30,33,43-44H,7,12-18H2,1-6H3/t19-,21-,22+,24-,25-,27+,28-,29+,30-,33-,34+,35-,36-,37+/m0/s1. The van der Waals surface area contributed by atoms with Gasteiger partial charge in [-0.05, 0) is 43.9 Å². The second kappa shape index (κ2) is 11.3. The highest BCUT2D eigenvalue weighted by molar-refractivity contribution is 6.22. The molecule has 1 aromatic rings. The van der Waals surface area contributed by atoms with Crippen LogP contribution >= 0.6 is 0 Å². The number of methoxy groups -OCH3 is 4. The van der Waals surface area contributed by atoms with Gasteiger partial charge >= 0.3 is 5.97 Å². The van der Waals surface area contributed by atoms with E-state index in [1.807, 2.05) is 0 Å². The first-order valence-corrected chi connectivity index (χ1v) is 17.9. The lowest BCUT2D eigenvalue weighted by atomic mass is 9.42. The van der Waals surface area contributed by atoms with Gasteiger partial charge in [-0.1, -0.05) is 26.0 Å². The molecule has 14 atom stereocenters. The molecule has 7 aliphatic rings. The maximum absolute atomic E-state index is 14.1. The Morgan fingerprint density at radius 3 is 2.43 bits per heavy atom. The van der Waals surface area contributed by atoms with Gasteiger partial charge in [0.05, 0.1) is 48.3 Å². The average Bonchev–Trinajstić information content (AvgIpc) is 3.63. The van der Waals surface area contributed by atoms with E-state index in [9.17, 15) is 24.6 Å². The lowest BCUT2D eigenvalue weighted by Gasteiger charge is -2.70. The lowest BCUT2D eigenvalue weighted by molar-refractivity contribution is -0.320. The van der Waals surface area contributed by atoms with Crippen molar-refractivity contribution < 1.29 is 48.3 Å². The highest BCUT2D eigenvalue weighted by Crippen LogP contribution is 2.80. The van der Waals surface area contributed by atoms with Crippen LogP contribution in [-0.2, 0) is 33.3 Å². The summed E-state index contributed by atoms with van der Waals surface area (Å²) in [6, 6.07) is 6.12. The summed E-state index contributed by atoms with van der Waals surface area (Å²) >= 11 is 0. The molecule has 268 valence electrons. The van der Waals surface area contributed by atoms with Crippen molar-refractivity contribution in [2.45, 2.75) is 87.6 Å². The van der Waals surface area contributed by atoms with Crippen LogP contribution in [0.25, 0.3) is 0 Å². The minimum absolute atomic E-state index is 0.0358. The van der Waals surface area contributed by atoms with Gasteiger partial charge in [0.1, 0.15) is 11.2 Å². The van der Waals surface area contributed by atoms with Gasteiger partial charge in [-0.25, -0.2) is 9.69 Å². The Morgan fingerprint density at radius 1 is 1.04 bits per heavy atom. The van der Waals surface area contributed by atoms with Crippen LogP contribution in [0, 0.1) is 40.4 Å². The predicted octanol–water partition coefficient (Wildman–Crippen LogP) is 2.04. The van der Waals surface area contributed by atoms with E-state index < -0.39 is 46.1 Å². The van der Waals surface area contributed by atoms with Crippen molar-refractivity contribution >= 4 is 23.5 Å². The minimum atomic E-state index is -1.70. The molecule has 0 radical (unpaired) electrons. The quantitative estimate of drug-likeness (QED) is 0.292. The van der Waals surface area contributed by atoms with Crippen molar-refractivity contribution in [1.29, 1.82) is 0 Å². The molecule has 5 aliphatic carbocycles. The van der Waals surface area contributed by atoms with Crippen LogP contribution in [0.3, 0.4) is 0 Å². The number of aliphatic hydroxyl groups is 2. The van der Waals surface area contributed by atoms with Gasteiger partial charge in [0.15, 0.2) is 0 Å². The third-order valence-electron chi connectivity index (χ3n) is 14.5. The molecule has 2 heterocycles. The molecule has 5 saturated carbocycles. The van der Waals surface area contributed by atoms with Crippen LogP contribution in [0.2, 0.25) is 0 Å². The number of ether oxygens (including phenoxy) is 5. The zero-order valence-corrected chi connectivity index (χ0v) is 29.3. The second-order valence-corrected chi connectivity index (χ2v) is 16.0. The number of piperidine rings is 1. The molecule has 2 saturated heterocycles. The number of benzene rings is 1. The molecule has 2 aliphatic heterocycles. The lowest BCUT2D eigenvalue weighted by Crippen LogP contribution is -2.82. The van der Waals surface area contributed by atoms with Gasteiger partial charge in [0.2, 0.25) is 11.8 Å². The molecule has 12 nitrogen and oxygen atoms in total. The maximum Gasteiger partial charge on any atom is 0.340 e. The molecule has 2 amide bonds. The molecular weight excluding hydrogens is 632 g/mol. The van der Waals surface area contributed by atoms with E-state index in [2.05, 4.69) is 11.8 Å². The fourth-order valence-corrected chi connectivity index (χ4v) is 13.2. The van der Waals surface area contributed by atoms with Crippen LogP contribution in [-0.4, -0.2) is 123 Å². The number of carbonyl (C=O) groups excluding carboxylic acids is 3. The summed E-state index contributed by atoms with van der Waals surface area (Å²) in [5.74, 6) is -2.47. The van der Waals surface area contributed by atoms with E-state index in [4.69, 9.17) is 23.7 Å². The largest absolute Gasteiger partial charge is 0.461 e. The van der Waals surface area contributed by atoms with Crippen LogP contribution in [0.15, 0.2) is 24.3 Å². The first-order valence-electron chi connectivity index (χ1n) is 17.9. The number of esters is 1. The molecule has 12 heteroatoms. The zero-order chi connectivity index (χ0) is 34.8. The molecule has 8 rings (SSSR count). The van der Waals surface area contributed by atoms with Gasteiger partial charge in [-0.2, -0.15) is 0 Å². The first-order chi connectivity index (χ1) is 23.4. The monoisotopic (exact) mass is 682 g/mol. The van der Waals surface area contributed by atoms with E-state index in [-0.39, 0.29) is 84.5 Å². The number of nitrogens with zero attached hydrogens (tertiary/aromatic N) is 2. The number of hydrogen-bond donors (Lipinski definition) is 2. The third kappa shape index (κ3) is 3.86. The normalized spacial score (nSPS) is 48.0. The van der Waals surface area contributed by atoms with E-state index in [0.29, 0.717) is 25.9 Å². The number of hydrogen-bond acceptors (Lipinski definition) is 11. The molecule has 1 spiro atoms. The number of rotatable bonds is 9. The molecule has 0 unspecified atom stereocenters. The number of fused-ring (bicyclic) bond motifs is 2. The van der Waals surface area contributed by atoms with E-state index >= 15 is 0 Å². The Balaban J connectivity index is 1.23. The average molecular weight is 683 g/mol. The number of likely N-dealkylation sites (N-methyl/N-ethyl adjacent to an activating group) is 1. The van der Waals surface area contributed by atoms with E-state index in [1.165, 1.54) is 0 Å². The molecule has 7 bridgehead atoms. The summed E-state index contributed by atoms with van der Waals surface area (Å²) in [6.45, 7) is 4.95. The van der Waals surface area contributed by atoms with Crippen molar-refractivity contribution in [3.63, 3.8) is 0 Å². The Kier molecular flexibility index (Phi) is 7.75. The van der Waals surface area contributed by atoms with Crippen LogP contribution in [0.5, 0.6) is 0 Å². The zero-order valence-electron chi connectivity index (χ0n) is 29.3. The van der Waals surface area contributed by atoms with Gasteiger partial charge in [0, 0.05) is 82.3 Å². The van der Waals surface area contributed by atoms with Crippen molar-refractivity contribution in [2.75, 3.05) is 53.0 Å². The minimum Gasteiger partial charge on any atom is -0.461 e. The number of imide groups is 1. The maximum atomic E-state index is 14.1. The Hall–Kier alpha value is -2.45. The molecular formula is C37H50N2O10. The van der Waals surface area contributed by atoms with Crippen molar-refractivity contribution in [3.05, 3.63) is 29.8 Å². The highest BCUT2D eigenvalue weighted by atomic mass is 16.5. The van der Waals surface area contributed by atoms with Crippen LogP contribution < -0.4 is 4.90 Å². The highest BCUT2D eigenvalue weighted by Gasteiger charge is 2.91.